The molecule has 0 bridgehead atoms. The summed E-state index contributed by atoms with van der Waals surface area (Å²) in [5.41, 5.74) is 1.63. The predicted molar refractivity (Wildman–Crippen MR) is 94.1 cm³/mol. The summed E-state index contributed by atoms with van der Waals surface area (Å²) >= 11 is 0. The molecular weight excluding hydrogens is 302 g/mol. The second kappa shape index (κ2) is 6.76. The van der Waals surface area contributed by atoms with Crippen molar-refractivity contribution in [2.75, 3.05) is 46.8 Å². The molecule has 1 aromatic heterocycles. The summed E-state index contributed by atoms with van der Waals surface area (Å²) in [6.07, 6.45) is 4.96. The van der Waals surface area contributed by atoms with Crippen LogP contribution in [0.5, 0.6) is 0 Å². The molecule has 3 heterocycles. The maximum Gasteiger partial charge on any atom is 0.257 e. The van der Waals surface area contributed by atoms with Crippen LogP contribution < -0.4 is 0 Å². The Bertz CT molecular complexity index is 609. The van der Waals surface area contributed by atoms with Gasteiger partial charge >= 0.3 is 0 Å². The summed E-state index contributed by atoms with van der Waals surface area (Å²) in [5, 5.41) is 0. The van der Waals surface area contributed by atoms with E-state index in [0.717, 1.165) is 51.3 Å². The molecule has 2 saturated heterocycles. The first-order chi connectivity index (χ1) is 11.4. The lowest BCUT2D eigenvalue weighted by Crippen LogP contribution is -2.58. The molecule has 1 spiro atoms. The van der Waals surface area contributed by atoms with Gasteiger partial charge < -0.3 is 9.80 Å². The smallest absolute Gasteiger partial charge is 0.257 e. The van der Waals surface area contributed by atoms with Crippen molar-refractivity contribution in [3.05, 3.63) is 23.3 Å². The fourth-order valence-corrected chi connectivity index (χ4v) is 4.15. The summed E-state index contributed by atoms with van der Waals surface area (Å²) in [6, 6.07) is 0. The van der Waals surface area contributed by atoms with Crippen LogP contribution in [-0.2, 0) is 0 Å². The van der Waals surface area contributed by atoms with Crippen LogP contribution in [0.25, 0.3) is 0 Å². The van der Waals surface area contributed by atoms with E-state index in [1.54, 1.807) is 6.20 Å². The predicted octanol–water partition coefficient (Wildman–Crippen LogP) is 1.34. The Morgan fingerprint density at radius 2 is 1.83 bits per heavy atom. The monoisotopic (exact) mass is 331 g/mol. The summed E-state index contributed by atoms with van der Waals surface area (Å²) in [5.74, 6) is 0.789. The molecule has 0 aliphatic carbocycles. The maximum absolute atomic E-state index is 12.8. The topological polar surface area (TPSA) is 52.6 Å². The van der Waals surface area contributed by atoms with Gasteiger partial charge in [0, 0.05) is 31.4 Å². The third-order valence-corrected chi connectivity index (χ3v) is 5.72. The van der Waals surface area contributed by atoms with E-state index in [1.165, 1.54) is 6.42 Å². The number of hydrogen-bond acceptors (Lipinski definition) is 5. The lowest BCUT2D eigenvalue weighted by atomic mass is 9.85. The van der Waals surface area contributed by atoms with Gasteiger partial charge in [0.1, 0.15) is 5.82 Å². The van der Waals surface area contributed by atoms with E-state index in [2.05, 4.69) is 33.9 Å². The first-order valence-electron chi connectivity index (χ1n) is 8.91. The molecule has 132 valence electrons. The van der Waals surface area contributed by atoms with Crippen molar-refractivity contribution in [3.8, 4) is 0 Å². The second-order valence-electron chi connectivity index (χ2n) is 7.45. The minimum atomic E-state index is 0.0759. The van der Waals surface area contributed by atoms with Crippen LogP contribution in [0.2, 0.25) is 0 Å². The molecule has 0 aromatic carbocycles. The second-order valence-corrected chi connectivity index (χ2v) is 7.45. The Morgan fingerprint density at radius 3 is 2.50 bits per heavy atom. The minimum absolute atomic E-state index is 0.0759. The highest BCUT2D eigenvalue weighted by molar-refractivity contribution is 5.95. The van der Waals surface area contributed by atoms with Crippen molar-refractivity contribution in [3.63, 3.8) is 0 Å². The van der Waals surface area contributed by atoms with Crippen LogP contribution in [0.1, 0.15) is 41.1 Å². The Morgan fingerprint density at radius 1 is 1.12 bits per heavy atom. The van der Waals surface area contributed by atoms with E-state index in [1.807, 2.05) is 18.7 Å². The molecule has 2 aliphatic rings. The third kappa shape index (κ3) is 3.30. The lowest BCUT2D eigenvalue weighted by Gasteiger charge is -2.47. The molecule has 0 unspecified atom stereocenters. The molecule has 0 saturated carbocycles. The number of carbonyl (C=O) groups is 1. The number of rotatable bonds is 1. The first kappa shape index (κ1) is 17.3. The van der Waals surface area contributed by atoms with Crippen molar-refractivity contribution in [1.29, 1.82) is 0 Å². The molecule has 1 aromatic rings. The SMILES string of the molecule is Cc1ncc(C(=O)N2CCC3(CC2)CN(C)CCCN3C)c(C)n1. The molecule has 6 heteroatoms. The van der Waals surface area contributed by atoms with Gasteiger partial charge in [0.25, 0.3) is 5.91 Å². The van der Waals surface area contributed by atoms with Crippen molar-refractivity contribution in [2.24, 2.45) is 0 Å². The van der Waals surface area contributed by atoms with E-state index in [9.17, 15) is 4.79 Å². The van der Waals surface area contributed by atoms with Gasteiger partial charge in [-0.05, 0) is 60.3 Å². The number of hydrogen-bond donors (Lipinski definition) is 0. The van der Waals surface area contributed by atoms with E-state index in [4.69, 9.17) is 0 Å². The number of amides is 1. The summed E-state index contributed by atoms with van der Waals surface area (Å²) in [6.45, 7) is 8.76. The van der Waals surface area contributed by atoms with Gasteiger partial charge in [0.15, 0.2) is 0 Å². The molecule has 0 atom stereocenters. The fraction of sp³-hybridized carbons (Fsp3) is 0.722. The molecule has 2 aliphatic heterocycles. The Balaban J connectivity index is 1.71. The number of piperidine rings is 1. The number of nitrogens with zero attached hydrogens (tertiary/aromatic N) is 5. The van der Waals surface area contributed by atoms with E-state index in [-0.39, 0.29) is 11.4 Å². The molecule has 2 fully saturated rings. The molecular formula is C18H29N5O. The van der Waals surface area contributed by atoms with Gasteiger partial charge in [-0.3, -0.25) is 9.69 Å². The fourth-order valence-electron chi connectivity index (χ4n) is 4.15. The van der Waals surface area contributed by atoms with Crippen LogP contribution in [0.4, 0.5) is 0 Å². The number of likely N-dealkylation sites (tertiary alicyclic amines) is 1. The van der Waals surface area contributed by atoms with Gasteiger partial charge in [-0.15, -0.1) is 0 Å². The van der Waals surface area contributed by atoms with Crippen molar-refractivity contribution >= 4 is 5.91 Å². The van der Waals surface area contributed by atoms with Crippen molar-refractivity contribution in [2.45, 2.75) is 38.6 Å². The molecule has 3 rings (SSSR count). The molecule has 0 radical (unpaired) electrons. The maximum atomic E-state index is 12.8. The standard InChI is InChI=1S/C18H29N5O/c1-14-16(12-19-15(2)20-14)17(24)23-10-6-18(7-11-23)13-21(3)8-5-9-22(18)4/h12H,5-11,13H2,1-4H3. The quantitative estimate of drug-likeness (QED) is 0.777. The summed E-state index contributed by atoms with van der Waals surface area (Å²) in [7, 11) is 4.46. The molecule has 1 amide bonds. The highest BCUT2D eigenvalue weighted by Crippen LogP contribution is 2.31. The Labute approximate surface area is 144 Å². The van der Waals surface area contributed by atoms with Gasteiger partial charge in [0.05, 0.1) is 11.3 Å². The normalized spacial score (nSPS) is 22.6. The van der Waals surface area contributed by atoms with Crippen LogP contribution in [0, 0.1) is 13.8 Å². The first-order valence-corrected chi connectivity index (χ1v) is 8.91. The number of aryl methyl sites for hydroxylation is 2. The third-order valence-electron chi connectivity index (χ3n) is 5.72. The zero-order chi connectivity index (χ0) is 17.3. The number of carbonyl (C=O) groups excluding carboxylic acids is 1. The molecule has 0 N–H and O–H groups in total. The van der Waals surface area contributed by atoms with Crippen LogP contribution in [0.3, 0.4) is 0 Å². The van der Waals surface area contributed by atoms with Gasteiger partial charge in [-0.2, -0.15) is 0 Å². The van der Waals surface area contributed by atoms with Gasteiger partial charge in [0.2, 0.25) is 0 Å². The largest absolute Gasteiger partial charge is 0.338 e. The van der Waals surface area contributed by atoms with Gasteiger partial charge in [-0.1, -0.05) is 0 Å². The zero-order valence-electron chi connectivity index (χ0n) is 15.4. The number of likely N-dealkylation sites (N-methyl/N-ethyl adjacent to an activating group) is 2. The van der Waals surface area contributed by atoms with Crippen molar-refractivity contribution < 1.29 is 4.79 Å². The summed E-state index contributed by atoms with van der Waals surface area (Å²) < 4.78 is 0. The minimum Gasteiger partial charge on any atom is -0.338 e. The van der Waals surface area contributed by atoms with Gasteiger partial charge in [-0.25, -0.2) is 9.97 Å². The zero-order valence-corrected chi connectivity index (χ0v) is 15.4. The van der Waals surface area contributed by atoms with Crippen molar-refractivity contribution in [1.82, 2.24) is 24.7 Å². The van der Waals surface area contributed by atoms with Crippen LogP contribution in [-0.4, -0.2) is 82.9 Å². The van der Waals surface area contributed by atoms with E-state index < -0.39 is 0 Å². The molecule has 6 nitrogen and oxygen atoms in total. The van der Waals surface area contributed by atoms with E-state index >= 15 is 0 Å². The van der Waals surface area contributed by atoms with Crippen LogP contribution in [0.15, 0.2) is 6.20 Å². The average molecular weight is 331 g/mol. The highest BCUT2D eigenvalue weighted by atomic mass is 16.2. The lowest BCUT2D eigenvalue weighted by molar-refractivity contribution is 0.0281. The molecule has 24 heavy (non-hydrogen) atoms. The number of aromatic nitrogens is 2. The Hall–Kier alpha value is -1.53. The highest BCUT2D eigenvalue weighted by Gasteiger charge is 2.41. The van der Waals surface area contributed by atoms with Crippen LogP contribution >= 0.6 is 0 Å². The Kier molecular flexibility index (Phi) is 4.88. The van der Waals surface area contributed by atoms with E-state index in [0.29, 0.717) is 11.4 Å². The average Bonchev–Trinajstić information content (AvgIpc) is 2.67. The summed E-state index contributed by atoms with van der Waals surface area (Å²) in [4.78, 5) is 28.3.